The Hall–Kier alpha value is -4.11. The van der Waals surface area contributed by atoms with E-state index in [9.17, 15) is 14.0 Å². The van der Waals surface area contributed by atoms with Crippen molar-refractivity contribution in [3.05, 3.63) is 88.5 Å². The maximum Gasteiger partial charge on any atom is 0.334 e. The molecule has 1 fully saturated rings. The molecule has 0 radical (unpaired) electrons. The molecule has 10 heteroatoms. The molecular weight excluding hydrogens is 497 g/mol. The molecule has 8 nitrogen and oxygen atoms in total. The predicted molar refractivity (Wildman–Crippen MR) is 141 cm³/mol. The number of hydrogen-bond acceptors (Lipinski definition) is 5. The number of carbonyl (C=O) groups excluding carboxylic acids is 1. The summed E-state index contributed by atoms with van der Waals surface area (Å²) in [7, 11) is 0. The summed E-state index contributed by atoms with van der Waals surface area (Å²) in [5.74, 6) is 1.00. The average molecular weight is 522 g/mol. The fourth-order valence-electron chi connectivity index (χ4n) is 4.73. The molecule has 190 valence electrons. The Morgan fingerprint density at radius 2 is 2.03 bits per heavy atom. The fraction of sp³-hybridized carbons (Fsp3) is 0.222. The van der Waals surface area contributed by atoms with Gasteiger partial charge in [0.1, 0.15) is 29.5 Å². The van der Waals surface area contributed by atoms with Crippen LogP contribution in [-0.4, -0.2) is 44.7 Å². The molecule has 1 aliphatic heterocycles. The Bertz CT molecular complexity index is 1530. The van der Waals surface area contributed by atoms with E-state index in [0.717, 1.165) is 0 Å². The molecule has 0 bridgehead atoms. The first-order chi connectivity index (χ1) is 18.0. The number of alkyl halides is 1. The summed E-state index contributed by atoms with van der Waals surface area (Å²) in [5.41, 5.74) is 7.51. The first-order valence-corrected chi connectivity index (χ1v) is 12.3. The summed E-state index contributed by atoms with van der Waals surface area (Å²) < 4.78 is 21.5. The van der Waals surface area contributed by atoms with Gasteiger partial charge in [-0.05, 0) is 55.3 Å². The highest BCUT2D eigenvalue weighted by Crippen LogP contribution is 2.33. The molecule has 0 aliphatic carbocycles. The van der Waals surface area contributed by atoms with Gasteiger partial charge in [-0.25, -0.2) is 14.2 Å². The standard InChI is InChI=1S/C27H25ClFN5O3/c28-21-16-18(10-11-23(21)37-20-7-2-1-3-8-20)34-25-22(12-14-31-26(25)30)33(27(34)36)19-6-5-15-32(17-19)24(35)9-4-13-29/h1-4,7-12,14,16,19H,5-6,13,15,17H2,(H2,30,31)/b9-4+. The first kappa shape index (κ1) is 24.6. The lowest BCUT2D eigenvalue weighted by Crippen LogP contribution is -2.42. The van der Waals surface area contributed by atoms with Crippen molar-refractivity contribution in [1.82, 2.24) is 19.0 Å². The number of amides is 1. The van der Waals surface area contributed by atoms with Gasteiger partial charge in [0, 0.05) is 25.4 Å². The van der Waals surface area contributed by atoms with Crippen molar-refractivity contribution in [3.8, 4) is 17.2 Å². The summed E-state index contributed by atoms with van der Waals surface area (Å²) >= 11 is 6.55. The van der Waals surface area contributed by atoms with Crippen LogP contribution in [0.3, 0.4) is 0 Å². The number of benzene rings is 2. The molecule has 5 rings (SSSR count). The van der Waals surface area contributed by atoms with Gasteiger partial charge >= 0.3 is 5.69 Å². The van der Waals surface area contributed by atoms with Crippen LogP contribution in [0.25, 0.3) is 16.7 Å². The average Bonchev–Trinajstić information content (AvgIpc) is 3.22. The van der Waals surface area contributed by atoms with Crippen molar-refractivity contribution in [2.45, 2.75) is 18.9 Å². The lowest BCUT2D eigenvalue weighted by Gasteiger charge is -2.32. The highest BCUT2D eigenvalue weighted by Gasteiger charge is 2.29. The van der Waals surface area contributed by atoms with Crippen LogP contribution in [0, 0.1) is 0 Å². The number of nitrogen functional groups attached to an aromatic ring is 1. The fourth-order valence-corrected chi connectivity index (χ4v) is 4.94. The first-order valence-electron chi connectivity index (χ1n) is 11.9. The normalized spacial score (nSPS) is 15.9. The van der Waals surface area contributed by atoms with Gasteiger partial charge in [-0.2, -0.15) is 0 Å². The van der Waals surface area contributed by atoms with E-state index in [-0.39, 0.29) is 23.5 Å². The van der Waals surface area contributed by atoms with Crippen LogP contribution in [0.5, 0.6) is 11.5 Å². The number of aromatic nitrogens is 3. The summed E-state index contributed by atoms with van der Waals surface area (Å²) in [5, 5.41) is 0.325. The van der Waals surface area contributed by atoms with Crippen LogP contribution < -0.4 is 16.2 Å². The number of halogens is 2. The van der Waals surface area contributed by atoms with Crippen molar-refractivity contribution >= 4 is 34.4 Å². The molecule has 2 aromatic heterocycles. The Kier molecular flexibility index (Phi) is 6.96. The molecule has 4 aromatic rings. The van der Waals surface area contributed by atoms with E-state index >= 15 is 0 Å². The molecule has 1 atom stereocenters. The smallest absolute Gasteiger partial charge is 0.334 e. The SMILES string of the molecule is Nc1nccc2c1n(-c1ccc(Oc3ccccc3)c(Cl)c1)c(=O)n2C1CCCN(C(=O)/C=C/CF)C1. The van der Waals surface area contributed by atoms with E-state index in [1.807, 2.05) is 30.3 Å². The highest BCUT2D eigenvalue weighted by molar-refractivity contribution is 6.32. The number of anilines is 1. The molecule has 0 spiro atoms. The van der Waals surface area contributed by atoms with E-state index in [2.05, 4.69) is 4.98 Å². The molecule has 3 heterocycles. The van der Waals surface area contributed by atoms with E-state index in [1.54, 1.807) is 39.9 Å². The van der Waals surface area contributed by atoms with Crippen molar-refractivity contribution in [1.29, 1.82) is 0 Å². The number of ether oxygens (including phenoxy) is 1. The third-order valence-electron chi connectivity index (χ3n) is 6.38. The Morgan fingerprint density at radius 1 is 1.22 bits per heavy atom. The minimum Gasteiger partial charge on any atom is -0.456 e. The minimum atomic E-state index is -0.708. The summed E-state index contributed by atoms with van der Waals surface area (Å²) in [4.78, 5) is 32.2. The Balaban J connectivity index is 1.55. The molecule has 1 unspecified atom stereocenters. The maximum atomic E-state index is 13.9. The van der Waals surface area contributed by atoms with Gasteiger partial charge in [0.2, 0.25) is 5.91 Å². The number of likely N-dealkylation sites (tertiary alicyclic amines) is 1. The van der Waals surface area contributed by atoms with Gasteiger partial charge in [0.15, 0.2) is 0 Å². The zero-order valence-electron chi connectivity index (χ0n) is 19.9. The lowest BCUT2D eigenvalue weighted by molar-refractivity contribution is -0.127. The topological polar surface area (TPSA) is 95.4 Å². The number of fused-ring (bicyclic) bond motifs is 1. The van der Waals surface area contributed by atoms with Crippen LogP contribution in [0.1, 0.15) is 18.9 Å². The number of hydrogen-bond donors (Lipinski definition) is 1. The van der Waals surface area contributed by atoms with Gasteiger partial charge in [-0.3, -0.25) is 13.9 Å². The molecule has 2 aromatic carbocycles. The minimum absolute atomic E-state index is 0.198. The van der Waals surface area contributed by atoms with Gasteiger partial charge in [-0.1, -0.05) is 29.8 Å². The van der Waals surface area contributed by atoms with Crippen LogP contribution in [0.2, 0.25) is 5.02 Å². The Morgan fingerprint density at radius 3 is 2.78 bits per heavy atom. The zero-order valence-corrected chi connectivity index (χ0v) is 20.6. The van der Waals surface area contributed by atoms with Gasteiger partial charge in [0.05, 0.1) is 22.3 Å². The molecule has 1 aliphatic rings. The molecule has 0 saturated carbocycles. The maximum absolute atomic E-state index is 13.9. The number of piperidine rings is 1. The second kappa shape index (κ2) is 10.5. The summed E-state index contributed by atoms with van der Waals surface area (Å²) in [6, 6.07) is 15.8. The second-order valence-corrected chi connectivity index (χ2v) is 9.13. The van der Waals surface area contributed by atoms with Gasteiger partial charge in [-0.15, -0.1) is 0 Å². The monoisotopic (exact) mass is 521 g/mol. The Labute approximate surface area is 217 Å². The number of nitrogens with two attached hydrogens (primary N) is 1. The summed E-state index contributed by atoms with van der Waals surface area (Å²) in [6.07, 6.45) is 5.37. The third-order valence-corrected chi connectivity index (χ3v) is 6.67. The van der Waals surface area contributed by atoms with Gasteiger partial charge < -0.3 is 15.4 Å². The van der Waals surface area contributed by atoms with E-state index in [1.165, 1.54) is 16.7 Å². The number of carbonyl (C=O) groups is 1. The molecule has 1 saturated heterocycles. The number of imidazole rings is 1. The van der Waals surface area contributed by atoms with Gasteiger partial charge in [0.25, 0.3) is 0 Å². The molecule has 1 amide bonds. The van der Waals surface area contributed by atoms with Crippen molar-refractivity contribution in [2.24, 2.45) is 0 Å². The number of nitrogens with zero attached hydrogens (tertiary/aromatic N) is 4. The van der Waals surface area contributed by atoms with Crippen molar-refractivity contribution in [2.75, 3.05) is 25.5 Å². The van der Waals surface area contributed by atoms with Crippen LogP contribution in [-0.2, 0) is 4.79 Å². The molecule has 2 N–H and O–H groups in total. The van der Waals surface area contributed by atoms with E-state index in [4.69, 9.17) is 22.1 Å². The number of allylic oxidation sites excluding steroid dienone is 1. The number of pyridine rings is 1. The van der Waals surface area contributed by atoms with Crippen molar-refractivity contribution < 1.29 is 13.9 Å². The van der Waals surface area contributed by atoms with E-state index in [0.29, 0.717) is 59.2 Å². The number of para-hydroxylation sites is 1. The number of rotatable bonds is 6. The second-order valence-electron chi connectivity index (χ2n) is 8.72. The largest absolute Gasteiger partial charge is 0.456 e. The quantitative estimate of drug-likeness (QED) is 0.364. The third kappa shape index (κ3) is 4.82. The predicted octanol–water partition coefficient (Wildman–Crippen LogP) is 4.90. The summed E-state index contributed by atoms with van der Waals surface area (Å²) in [6.45, 7) is 0.156. The van der Waals surface area contributed by atoms with Crippen LogP contribution >= 0.6 is 11.6 Å². The van der Waals surface area contributed by atoms with Crippen molar-refractivity contribution in [3.63, 3.8) is 0 Å². The molecular formula is C27H25ClFN5O3. The van der Waals surface area contributed by atoms with Crippen LogP contribution in [0.4, 0.5) is 10.2 Å². The lowest BCUT2D eigenvalue weighted by atomic mass is 10.1. The van der Waals surface area contributed by atoms with Crippen LogP contribution in [0.15, 0.2) is 77.7 Å². The van der Waals surface area contributed by atoms with E-state index < -0.39 is 6.67 Å². The molecule has 37 heavy (non-hydrogen) atoms. The highest BCUT2D eigenvalue weighted by atomic mass is 35.5. The zero-order chi connectivity index (χ0) is 25.9.